The van der Waals surface area contributed by atoms with E-state index >= 15 is 0 Å². The van der Waals surface area contributed by atoms with Crippen molar-refractivity contribution in [2.45, 2.75) is 20.8 Å². The zero-order valence-electron chi connectivity index (χ0n) is 7.80. The van der Waals surface area contributed by atoms with Crippen LogP contribution in [0.25, 0.3) is 5.65 Å². The molecule has 2 aromatic rings. The maximum atomic E-state index is 4.45. The predicted molar refractivity (Wildman–Crippen MR) is 59.9 cm³/mol. The molecule has 0 fully saturated rings. The zero-order valence-corrected chi connectivity index (χ0v) is 9.95. The molecule has 2 aromatic heterocycles. The summed E-state index contributed by atoms with van der Waals surface area (Å²) in [6, 6.07) is 2.04. The van der Waals surface area contributed by atoms with Crippen molar-refractivity contribution in [3.05, 3.63) is 26.7 Å². The molecule has 68 valence electrons. The molecule has 0 unspecified atom stereocenters. The summed E-state index contributed by atoms with van der Waals surface area (Å²) in [6.45, 7) is 6.11. The third-order valence-electron chi connectivity index (χ3n) is 2.20. The average Bonchev–Trinajstić information content (AvgIpc) is 2.32. The maximum absolute atomic E-state index is 4.45. The Morgan fingerprint density at radius 3 is 2.69 bits per heavy atom. The largest absolute Gasteiger partial charge is 0.232 e. The molecule has 0 atom stereocenters. The van der Waals surface area contributed by atoms with Gasteiger partial charge in [-0.2, -0.15) is 5.10 Å². The Morgan fingerprint density at radius 1 is 1.31 bits per heavy atom. The molecule has 3 nitrogen and oxygen atoms in total. The van der Waals surface area contributed by atoms with Gasteiger partial charge < -0.3 is 0 Å². The molecular weight excluding hydrogens is 277 g/mol. The maximum Gasteiger partial charge on any atom is 0.157 e. The summed E-state index contributed by atoms with van der Waals surface area (Å²) in [5.41, 5.74) is 4.32. The first-order valence-corrected chi connectivity index (χ1v) is 5.16. The van der Waals surface area contributed by atoms with Crippen molar-refractivity contribution in [2.24, 2.45) is 0 Å². The lowest BCUT2D eigenvalue weighted by molar-refractivity contribution is 0.871. The van der Waals surface area contributed by atoms with E-state index in [-0.39, 0.29) is 0 Å². The molecule has 0 aromatic carbocycles. The van der Waals surface area contributed by atoms with E-state index in [9.17, 15) is 0 Å². The standard InChI is InChI=1S/C9H10IN3/c1-5-4-8(10)12-13-7(3)6(2)11-9(5)13/h4H,1-3H3. The van der Waals surface area contributed by atoms with Gasteiger partial charge in [-0.3, -0.25) is 0 Å². The minimum Gasteiger partial charge on any atom is -0.232 e. The Labute approximate surface area is 90.3 Å². The second kappa shape index (κ2) is 2.94. The van der Waals surface area contributed by atoms with Crippen molar-refractivity contribution in [1.29, 1.82) is 0 Å². The fourth-order valence-corrected chi connectivity index (χ4v) is 2.03. The molecule has 0 aliphatic rings. The summed E-state index contributed by atoms with van der Waals surface area (Å²) in [6.07, 6.45) is 0. The van der Waals surface area contributed by atoms with Gasteiger partial charge in [0.05, 0.1) is 11.4 Å². The summed E-state index contributed by atoms with van der Waals surface area (Å²) in [4.78, 5) is 4.45. The van der Waals surface area contributed by atoms with Gasteiger partial charge in [-0.1, -0.05) is 0 Å². The molecule has 0 spiro atoms. The molecule has 2 rings (SSSR count). The molecule has 0 radical (unpaired) electrons. The van der Waals surface area contributed by atoms with E-state index in [1.54, 1.807) is 0 Å². The number of halogens is 1. The topological polar surface area (TPSA) is 30.2 Å². The quantitative estimate of drug-likeness (QED) is 0.696. The smallest absolute Gasteiger partial charge is 0.157 e. The van der Waals surface area contributed by atoms with Gasteiger partial charge >= 0.3 is 0 Å². The molecule has 0 aliphatic carbocycles. The van der Waals surface area contributed by atoms with Gasteiger partial charge in [0.1, 0.15) is 3.70 Å². The van der Waals surface area contributed by atoms with Gasteiger partial charge in [0.15, 0.2) is 5.65 Å². The summed E-state index contributed by atoms with van der Waals surface area (Å²) in [5.74, 6) is 0. The molecule has 0 saturated heterocycles. The second-order valence-corrected chi connectivity index (χ2v) is 4.27. The number of rotatable bonds is 0. The molecule has 0 saturated carbocycles. The summed E-state index contributed by atoms with van der Waals surface area (Å²) < 4.78 is 2.91. The highest BCUT2D eigenvalue weighted by atomic mass is 127. The summed E-state index contributed by atoms with van der Waals surface area (Å²) >= 11 is 2.22. The van der Waals surface area contributed by atoms with E-state index in [0.717, 1.165) is 20.7 Å². The minimum absolute atomic E-state index is 0.968. The van der Waals surface area contributed by atoms with Gasteiger partial charge in [0.2, 0.25) is 0 Å². The fourth-order valence-electron chi connectivity index (χ4n) is 1.34. The number of hydrogen-bond acceptors (Lipinski definition) is 2. The normalized spacial score (nSPS) is 11.1. The van der Waals surface area contributed by atoms with Gasteiger partial charge in [-0.15, -0.1) is 0 Å². The third kappa shape index (κ3) is 1.33. The Hall–Kier alpha value is -0.650. The molecule has 0 amide bonds. The fraction of sp³-hybridized carbons (Fsp3) is 0.333. The van der Waals surface area contributed by atoms with Crippen LogP contribution >= 0.6 is 22.6 Å². The highest BCUT2D eigenvalue weighted by Gasteiger charge is 2.07. The lowest BCUT2D eigenvalue weighted by Crippen LogP contribution is -1.98. The number of aromatic nitrogens is 3. The number of aryl methyl sites for hydroxylation is 3. The highest BCUT2D eigenvalue weighted by molar-refractivity contribution is 14.1. The second-order valence-electron chi connectivity index (χ2n) is 3.17. The molecule has 4 heteroatoms. The lowest BCUT2D eigenvalue weighted by atomic mass is 10.3. The highest BCUT2D eigenvalue weighted by Crippen LogP contribution is 2.14. The summed E-state index contributed by atoms with van der Waals surface area (Å²) in [7, 11) is 0. The van der Waals surface area contributed by atoms with Crippen molar-refractivity contribution in [3.8, 4) is 0 Å². The van der Waals surface area contributed by atoms with Crippen LogP contribution in [0.15, 0.2) is 6.07 Å². The van der Waals surface area contributed by atoms with Crippen LogP contribution in [-0.4, -0.2) is 14.6 Å². The monoisotopic (exact) mass is 287 g/mol. The van der Waals surface area contributed by atoms with Crippen molar-refractivity contribution >= 4 is 28.2 Å². The van der Waals surface area contributed by atoms with Crippen LogP contribution in [0.4, 0.5) is 0 Å². The van der Waals surface area contributed by atoms with E-state index in [4.69, 9.17) is 0 Å². The lowest BCUT2D eigenvalue weighted by Gasteiger charge is -1.99. The first-order chi connectivity index (χ1) is 6.09. The summed E-state index contributed by atoms with van der Waals surface area (Å²) in [5, 5.41) is 4.40. The molecule has 2 heterocycles. The van der Waals surface area contributed by atoms with Crippen LogP contribution in [0, 0.1) is 24.5 Å². The first-order valence-electron chi connectivity index (χ1n) is 4.08. The van der Waals surface area contributed by atoms with Crippen LogP contribution in [0.2, 0.25) is 0 Å². The number of nitrogens with zero attached hydrogens (tertiary/aromatic N) is 3. The van der Waals surface area contributed by atoms with Crippen LogP contribution < -0.4 is 0 Å². The first kappa shape index (κ1) is 8.93. The van der Waals surface area contributed by atoms with Crippen molar-refractivity contribution < 1.29 is 0 Å². The van der Waals surface area contributed by atoms with Crippen molar-refractivity contribution in [3.63, 3.8) is 0 Å². The number of fused-ring (bicyclic) bond motifs is 1. The van der Waals surface area contributed by atoms with E-state index in [1.807, 2.05) is 24.4 Å². The van der Waals surface area contributed by atoms with E-state index in [0.29, 0.717) is 0 Å². The Morgan fingerprint density at radius 2 is 2.00 bits per heavy atom. The molecular formula is C9H10IN3. The number of imidazole rings is 1. The number of hydrogen-bond donors (Lipinski definition) is 0. The van der Waals surface area contributed by atoms with Gasteiger partial charge in [0, 0.05) is 0 Å². The van der Waals surface area contributed by atoms with Gasteiger partial charge in [-0.25, -0.2) is 9.50 Å². The van der Waals surface area contributed by atoms with Crippen LogP contribution in [0.3, 0.4) is 0 Å². The Balaban J connectivity index is 2.94. The SMILES string of the molecule is Cc1nc2c(C)cc(I)nn2c1C. The minimum atomic E-state index is 0.968. The molecule has 0 bridgehead atoms. The average molecular weight is 287 g/mol. The van der Waals surface area contributed by atoms with E-state index < -0.39 is 0 Å². The van der Waals surface area contributed by atoms with Crippen molar-refractivity contribution in [1.82, 2.24) is 14.6 Å². The van der Waals surface area contributed by atoms with Gasteiger partial charge in [-0.05, 0) is 55.0 Å². The van der Waals surface area contributed by atoms with E-state index in [1.165, 1.54) is 5.56 Å². The Kier molecular flexibility index (Phi) is 2.02. The molecule has 13 heavy (non-hydrogen) atoms. The van der Waals surface area contributed by atoms with Crippen molar-refractivity contribution in [2.75, 3.05) is 0 Å². The molecule has 0 N–H and O–H groups in total. The predicted octanol–water partition coefficient (Wildman–Crippen LogP) is 2.26. The van der Waals surface area contributed by atoms with Crippen LogP contribution in [0.1, 0.15) is 17.0 Å². The van der Waals surface area contributed by atoms with E-state index in [2.05, 4.69) is 39.6 Å². The van der Waals surface area contributed by atoms with Crippen LogP contribution in [-0.2, 0) is 0 Å². The zero-order chi connectivity index (χ0) is 9.59. The third-order valence-corrected chi connectivity index (χ3v) is 2.73. The molecule has 0 aliphatic heterocycles. The Bertz CT molecular complexity index is 473. The van der Waals surface area contributed by atoms with Crippen LogP contribution in [0.5, 0.6) is 0 Å². The van der Waals surface area contributed by atoms with Gasteiger partial charge in [0.25, 0.3) is 0 Å².